The zero-order valence-electron chi connectivity index (χ0n) is 20.1. The van der Waals surface area contributed by atoms with Crippen LogP contribution in [-0.2, 0) is 29.0 Å². The molecule has 0 radical (unpaired) electrons. The molecule has 0 saturated heterocycles. The number of carbonyl (C=O) groups is 2. The fraction of sp³-hybridized carbons (Fsp3) is 0.250. The van der Waals surface area contributed by atoms with E-state index in [2.05, 4.69) is 50.5 Å². The number of esters is 1. The minimum atomic E-state index is -0.575. The Labute approximate surface area is 247 Å². The van der Waals surface area contributed by atoms with Crippen molar-refractivity contribution < 1.29 is 19.1 Å². The van der Waals surface area contributed by atoms with E-state index in [1.165, 1.54) is 17.4 Å². The van der Waals surface area contributed by atoms with Crippen LogP contribution in [0, 0.1) is 18.5 Å². The Morgan fingerprint density at radius 1 is 1.16 bits per heavy atom. The Balaban J connectivity index is 1.64. The maximum absolute atomic E-state index is 13.3. The number of halogens is 2. The average molecular weight is 738 g/mol. The third kappa shape index (κ3) is 6.72. The molecule has 190 valence electrons. The van der Waals surface area contributed by atoms with Crippen LogP contribution in [0.2, 0.25) is 0 Å². The Bertz CT molecular complexity index is 1390. The van der Waals surface area contributed by atoms with E-state index in [9.17, 15) is 14.9 Å². The van der Waals surface area contributed by atoms with Gasteiger partial charge >= 0.3 is 5.97 Å². The van der Waals surface area contributed by atoms with Crippen LogP contribution >= 0.6 is 56.5 Å². The fourth-order valence-electron chi connectivity index (χ4n) is 4.12. The third-order valence-electron chi connectivity index (χ3n) is 5.81. The van der Waals surface area contributed by atoms with Gasteiger partial charge in [-0.05, 0) is 107 Å². The van der Waals surface area contributed by atoms with Gasteiger partial charge in [0, 0.05) is 14.0 Å². The van der Waals surface area contributed by atoms with E-state index in [0.29, 0.717) is 28.5 Å². The van der Waals surface area contributed by atoms with Crippen molar-refractivity contribution >= 4 is 79.5 Å². The molecular formula is C28H24I2N2O4S. The normalized spacial score (nSPS) is 12.9. The summed E-state index contributed by atoms with van der Waals surface area (Å²) in [6.07, 6.45) is 5.22. The first-order chi connectivity index (χ1) is 17.9. The minimum absolute atomic E-state index is 0.0801. The zero-order chi connectivity index (χ0) is 26.4. The van der Waals surface area contributed by atoms with Crippen molar-refractivity contribution in [2.75, 3.05) is 11.9 Å². The Morgan fingerprint density at radius 2 is 1.92 bits per heavy atom. The number of hydrogen-bond donors (Lipinski definition) is 1. The number of aryl methyl sites for hydroxylation is 1. The minimum Gasteiger partial charge on any atom is -0.487 e. The molecule has 0 aliphatic heterocycles. The predicted molar refractivity (Wildman–Crippen MR) is 162 cm³/mol. The summed E-state index contributed by atoms with van der Waals surface area (Å²) in [6.45, 7) is 2.36. The molecule has 1 aromatic heterocycles. The van der Waals surface area contributed by atoms with Gasteiger partial charge < -0.3 is 14.8 Å². The third-order valence-corrected chi connectivity index (χ3v) is 8.44. The van der Waals surface area contributed by atoms with Crippen LogP contribution in [0.4, 0.5) is 5.00 Å². The van der Waals surface area contributed by atoms with Gasteiger partial charge in [0.15, 0.2) is 0 Å². The number of nitrogens with one attached hydrogen (secondary N) is 1. The van der Waals surface area contributed by atoms with E-state index in [0.717, 1.165) is 48.8 Å². The Morgan fingerprint density at radius 3 is 2.65 bits per heavy atom. The van der Waals surface area contributed by atoms with Crippen LogP contribution in [0.1, 0.15) is 51.7 Å². The number of anilines is 1. The number of nitriles is 1. The molecule has 2 aromatic carbocycles. The standard InChI is InChI=1S/C28H24I2N2O4S/c1-2-35-28(34)24-21-10-6-7-11-23(21)37-27(24)32-26(33)19(15-31)12-18-13-20(29)14-22(30)25(18)36-16-17-8-4-3-5-9-17/h3-5,8-9,12-14H,2,6-7,10-11,16H2,1H3,(H,32,33)/b19-12+. The second kappa shape index (κ2) is 12.9. The lowest BCUT2D eigenvalue weighted by Crippen LogP contribution is -2.16. The largest absolute Gasteiger partial charge is 0.487 e. The smallest absolute Gasteiger partial charge is 0.341 e. The molecule has 6 nitrogen and oxygen atoms in total. The number of ether oxygens (including phenoxy) is 2. The number of thiophene rings is 1. The summed E-state index contributed by atoms with van der Waals surface area (Å²) < 4.78 is 13.2. The molecule has 37 heavy (non-hydrogen) atoms. The molecule has 0 spiro atoms. The fourth-order valence-corrected chi connectivity index (χ4v) is 7.43. The van der Waals surface area contributed by atoms with Gasteiger partial charge in [-0.3, -0.25) is 4.79 Å². The number of nitrogens with zero attached hydrogens (tertiary/aromatic N) is 1. The van der Waals surface area contributed by atoms with E-state index < -0.39 is 11.9 Å². The summed E-state index contributed by atoms with van der Waals surface area (Å²) in [4.78, 5) is 27.1. The molecule has 1 aliphatic rings. The summed E-state index contributed by atoms with van der Waals surface area (Å²) in [6, 6.07) is 15.7. The van der Waals surface area contributed by atoms with E-state index in [1.807, 2.05) is 48.5 Å². The number of rotatable bonds is 8. The molecule has 1 heterocycles. The van der Waals surface area contributed by atoms with Gasteiger partial charge in [-0.1, -0.05) is 30.3 Å². The van der Waals surface area contributed by atoms with Crippen molar-refractivity contribution in [3.63, 3.8) is 0 Å². The molecule has 1 aliphatic carbocycles. The summed E-state index contributed by atoms with van der Waals surface area (Å²) in [7, 11) is 0. The first-order valence-electron chi connectivity index (χ1n) is 11.8. The quantitative estimate of drug-likeness (QED) is 0.115. The molecular weight excluding hydrogens is 714 g/mol. The van der Waals surface area contributed by atoms with Crippen LogP contribution in [0.5, 0.6) is 5.75 Å². The number of fused-ring (bicyclic) bond motifs is 1. The predicted octanol–water partition coefficient (Wildman–Crippen LogP) is 7.14. The molecule has 0 bridgehead atoms. The SMILES string of the molecule is CCOC(=O)c1c(NC(=O)/C(C#N)=C/c2cc(I)cc(I)c2OCc2ccccc2)sc2c1CCCC2. The van der Waals surface area contributed by atoms with E-state index in [-0.39, 0.29) is 12.2 Å². The highest BCUT2D eigenvalue weighted by atomic mass is 127. The Hall–Kier alpha value is -2.43. The summed E-state index contributed by atoms with van der Waals surface area (Å²) in [5.41, 5.74) is 2.94. The maximum Gasteiger partial charge on any atom is 0.341 e. The highest BCUT2D eigenvalue weighted by Crippen LogP contribution is 2.39. The molecule has 3 aromatic rings. The van der Waals surface area contributed by atoms with E-state index >= 15 is 0 Å². The highest BCUT2D eigenvalue weighted by molar-refractivity contribution is 14.1. The Kier molecular flexibility index (Phi) is 9.61. The topological polar surface area (TPSA) is 88.4 Å². The monoisotopic (exact) mass is 738 g/mol. The van der Waals surface area contributed by atoms with Gasteiger partial charge in [-0.15, -0.1) is 11.3 Å². The molecule has 1 amide bonds. The first-order valence-corrected chi connectivity index (χ1v) is 14.8. The molecule has 0 fully saturated rings. The number of benzene rings is 2. The maximum atomic E-state index is 13.3. The average Bonchev–Trinajstić information content (AvgIpc) is 3.25. The van der Waals surface area contributed by atoms with Crippen LogP contribution < -0.4 is 10.1 Å². The van der Waals surface area contributed by atoms with Gasteiger partial charge in [-0.25, -0.2) is 4.79 Å². The lowest BCUT2D eigenvalue weighted by Gasteiger charge is -2.13. The lowest BCUT2D eigenvalue weighted by atomic mass is 9.95. The van der Waals surface area contributed by atoms with Gasteiger partial charge in [-0.2, -0.15) is 5.26 Å². The van der Waals surface area contributed by atoms with Crippen molar-refractivity contribution in [2.24, 2.45) is 0 Å². The van der Waals surface area contributed by atoms with Crippen molar-refractivity contribution in [2.45, 2.75) is 39.2 Å². The van der Waals surface area contributed by atoms with Crippen molar-refractivity contribution in [3.05, 3.63) is 82.3 Å². The molecule has 4 rings (SSSR count). The van der Waals surface area contributed by atoms with Gasteiger partial charge in [0.25, 0.3) is 5.91 Å². The van der Waals surface area contributed by atoms with Crippen LogP contribution in [-0.4, -0.2) is 18.5 Å². The molecule has 1 N–H and O–H groups in total. The molecule has 0 atom stereocenters. The second-order valence-corrected chi connectivity index (χ2v) is 11.9. The van der Waals surface area contributed by atoms with Crippen LogP contribution in [0.3, 0.4) is 0 Å². The summed E-state index contributed by atoms with van der Waals surface area (Å²) >= 11 is 5.79. The van der Waals surface area contributed by atoms with Crippen LogP contribution in [0.25, 0.3) is 6.08 Å². The van der Waals surface area contributed by atoms with Gasteiger partial charge in [0.05, 0.1) is 15.7 Å². The van der Waals surface area contributed by atoms with Gasteiger partial charge in [0.2, 0.25) is 0 Å². The second-order valence-electron chi connectivity index (χ2n) is 8.34. The van der Waals surface area contributed by atoms with E-state index in [1.54, 1.807) is 6.92 Å². The number of amides is 1. The molecule has 9 heteroatoms. The van der Waals surface area contributed by atoms with Gasteiger partial charge in [0.1, 0.15) is 29.0 Å². The zero-order valence-corrected chi connectivity index (χ0v) is 25.2. The summed E-state index contributed by atoms with van der Waals surface area (Å²) in [5.74, 6) is -0.415. The number of hydrogen-bond acceptors (Lipinski definition) is 6. The van der Waals surface area contributed by atoms with Crippen molar-refractivity contribution in [1.82, 2.24) is 0 Å². The first kappa shape index (κ1) is 27.6. The highest BCUT2D eigenvalue weighted by Gasteiger charge is 2.28. The lowest BCUT2D eigenvalue weighted by molar-refractivity contribution is -0.112. The molecule has 0 unspecified atom stereocenters. The molecule has 0 saturated carbocycles. The van der Waals surface area contributed by atoms with Crippen molar-refractivity contribution in [1.29, 1.82) is 5.26 Å². The number of carbonyl (C=O) groups excluding carboxylic acids is 2. The van der Waals surface area contributed by atoms with Crippen molar-refractivity contribution in [3.8, 4) is 11.8 Å². The van der Waals surface area contributed by atoms with E-state index in [4.69, 9.17) is 9.47 Å². The van der Waals surface area contributed by atoms with Crippen LogP contribution in [0.15, 0.2) is 48.0 Å². The summed E-state index contributed by atoms with van der Waals surface area (Å²) in [5, 5.41) is 13.2.